The Hall–Kier alpha value is -1.85. The Bertz CT molecular complexity index is 742. The normalized spacial score (nSPS) is 14.9. The monoisotopic (exact) mass is 302 g/mol. The Balaban J connectivity index is 1.87. The van der Waals surface area contributed by atoms with Crippen molar-refractivity contribution >= 4 is 15.7 Å². The van der Waals surface area contributed by atoms with E-state index in [4.69, 9.17) is 0 Å². The smallest absolute Gasteiger partial charge is 0.261 e. The van der Waals surface area contributed by atoms with Crippen LogP contribution in [0, 0.1) is 0 Å². The highest BCUT2D eigenvalue weighted by atomic mass is 32.2. The van der Waals surface area contributed by atoms with Gasteiger partial charge in [-0.1, -0.05) is 31.2 Å². The molecular weight excluding hydrogens is 284 g/mol. The Morgan fingerprint density at radius 3 is 2.48 bits per heavy atom. The number of anilines is 1. The molecule has 0 aromatic heterocycles. The van der Waals surface area contributed by atoms with Crippen molar-refractivity contribution in [2.24, 2.45) is 0 Å². The van der Waals surface area contributed by atoms with Crippen LogP contribution in [0.3, 0.4) is 0 Å². The molecule has 1 heterocycles. The Morgan fingerprint density at radius 2 is 1.76 bits per heavy atom. The summed E-state index contributed by atoms with van der Waals surface area (Å²) in [5.74, 6) is 0. The van der Waals surface area contributed by atoms with E-state index >= 15 is 0 Å². The van der Waals surface area contributed by atoms with E-state index in [-0.39, 0.29) is 0 Å². The van der Waals surface area contributed by atoms with Gasteiger partial charge in [0.15, 0.2) is 0 Å². The maximum absolute atomic E-state index is 12.4. The van der Waals surface area contributed by atoms with Crippen molar-refractivity contribution < 1.29 is 8.42 Å². The molecule has 0 amide bonds. The second-order valence-electron chi connectivity index (χ2n) is 5.21. The molecule has 0 aliphatic carbocycles. The fraction of sp³-hybridized carbons (Fsp3) is 0.250. The average molecular weight is 302 g/mol. The van der Waals surface area contributed by atoms with Crippen LogP contribution in [0.1, 0.15) is 18.1 Å². The van der Waals surface area contributed by atoms with Gasteiger partial charge in [-0.3, -0.25) is 9.62 Å². The minimum atomic E-state index is -3.53. The minimum absolute atomic E-state index is 0.322. The van der Waals surface area contributed by atoms with Gasteiger partial charge in [0, 0.05) is 18.8 Å². The van der Waals surface area contributed by atoms with Crippen LogP contribution in [0.5, 0.6) is 0 Å². The first-order valence-corrected chi connectivity index (χ1v) is 8.49. The molecule has 0 spiro atoms. The quantitative estimate of drug-likeness (QED) is 0.945. The summed E-state index contributed by atoms with van der Waals surface area (Å²) >= 11 is 0. The van der Waals surface area contributed by atoms with Crippen LogP contribution in [-0.4, -0.2) is 19.9 Å². The van der Waals surface area contributed by atoms with E-state index in [0.29, 0.717) is 10.6 Å². The number of hydrogen-bond acceptors (Lipinski definition) is 3. The van der Waals surface area contributed by atoms with E-state index < -0.39 is 10.0 Å². The van der Waals surface area contributed by atoms with E-state index in [1.807, 2.05) is 12.1 Å². The number of hydrogen-bond donors (Lipinski definition) is 1. The van der Waals surface area contributed by atoms with Gasteiger partial charge in [0.1, 0.15) is 0 Å². The number of nitrogens with one attached hydrogen (secondary N) is 1. The first-order chi connectivity index (χ1) is 10.1. The number of nitrogens with zero attached hydrogens (tertiary/aromatic N) is 1. The fourth-order valence-electron chi connectivity index (χ4n) is 2.55. The molecule has 4 nitrogen and oxygen atoms in total. The van der Waals surface area contributed by atoms with Crippen LogP contribution in [-0.2, 0) is 23.1 Å². The molecular formula is C16H18N2O2S. The molecule has 1 aliphatic heterocycles. The molecule has 0 saturated heterocycles. The molecule has 0 radical (unpaired) electrons. The van der Waals surface area contributed by atoms with Crippen LogP contribution in [0.4, 0.5) is 5.69 Å². The van der Waals surface area contributed by atoms with E-state index in [1.54, 1.807) is 36.4 Å². The lowest BCUT2D eigenvalue weighted by Gasteiger charge is -2.09. The van der Waals surface area contributed by atoms with Gasteiger partial charge in [-0.15, -0.1) is 0 Å². The molecule has 3 rings (SSSR count). The van der Waals surface area contributed by atoms with E-state index in [0.717, 1.165) is 25.2 Å². The summed E-state index contributed by atoms with van der Waals surface area (Å²) in [6.45, 7) is 4.80. The van der Waals surface area contributed by atoms with E-state index in [9.17, 15) is 8.42 Å². The lowest BCUT2D eigenvalue weighted by atomic mass is 10.1. The Labute approximate surface area is 125 Å². The second-order valence-corrected chi connectivity index (χ2v) is 6.89. The predicted molar refractivity (Wildman–Crippen MR) is 83.5 cm³/mol. The molecule has 1 aliphatic rings. The number of benzene rings is 2. The van der Waals surface area contributed by atoms with E-state index in [1.165, 1.54) is 5.56 Å². The summed E-state index contributed by atoms with van der Waals surface area (Å²) in [6.07, 6.45) is 0. The minimum Gasteiger partial charge on any atom is -0.295 e. The maximum atomic E-state index is 12.4. The summed E-state index contributed by atoms with van der Waals surface area (Å²) in [4.78, 5) is 2.61. The highest BCUT2D eigenvalue weighted by molar-refractivity contribution is 7.92. The van der Waals surface area contributed by atoms with Crippen LogP contribution in [0.2, 0.25) is 0 Å². The summed E-state index contributed by atoms with van der Waals surface area (Å²) in [5, 5.41) is 0. The molecule has 5 heteroatoms. The second kappa shape index (κ2) is 5.50. The third kappa shape index (κ3) is 2.94. The summed E-state index contributed by atoms with van der Waals surface area (Å²) in [7, 11) is -3.53. The van der Waals surface area contributed by atoms with Gasteiger partial charge in [-0.2, -0.15) is 0 Å². The SMILES string of the molecule is CCN1Cc2ccc(S(=O)(=O)Nc3ccccc3)cc2C1. The lowest BCUT2D eigenvalue weighted by molar-refractivity contribution is 0.301. The van der Waals surface area contributed by atoms with Crippen LogP contribution >= 0.6 is 0 Å². The van der Waals surface area contributed by atoms with Gasteiger partial charge in [-0.05, 0) is 41.9 Å². The van der Waals surface area contributed by atoms with Crippen molar-refractivity contribution in [2.75, 3.05) is 11.3 Å². The number of sulfonamides is 1. The maximum Gasteiger partial charge on any atom is 0.261 e. The third-order valence-electron chi connectivity index (χ3n) is 3.75. The standard InChI is InChI=1S/C16H18N2O2S/c1-2-18-11-13-8-9-16(10-14(13)12-18)21(19,20)17-15-6-4-3-5-7-15/h3-10,17H,2,11-12H2,1H3. The topological polar surface area (TPSA) is 49.4 Å². The van der Waals surface area contributed by atoms with Crippen molar-refractivity contribution in [3.63, 3.8) is 0 Å². The Morgan fingerprint density at radius 1 is 1.05 bits per heavy atom. The van der Waals surface area contributed by atoms with Crippen molar-refractivity contribution in [1.29, 1.82) is 0 Å². The molecule has 2 aromatic carbocycles. The lowest BCUT2D eigenvalue weighted by Crippen LogP contribution is -2.14. The van der Waals surface area contributed by atoms with Crippen molar-refractivity contribution in [2.45, 2.75) is 24.9 Å². The highest BCUT2D eigenvalue weighted by Crippen LogP contribution is 2.26. The number of para-hydroxylation sites is 1. The zero-order chi connectivity index (χ0) is 14.9. The van der Waals surface area contributed by atoms with Crippen LogP contribution in [0.25, 0.3) is 0 Å². The van der Waals surface area contributed by atoms with Gasteiger partial charge in [0.2, 0.25) is 0 Å². The molecule has 0 bridgehead atoms. The van der Waals surface area contributed by atoms with Gasteiger partial charge < -0.3 is 0 Å². The van der Waals surface area contributed by atoms with E-state index in [2.05, 4.69) is 16.5 Å². The van der Waals surface area contributed by atoms with Gasteiger partial charge >= 0.3 is 0 Å². The summed E-state index contributed by atoms with van der Waals surface area (Å²) in [6, 6.07) is 14.3. The molecule has 21 heavy (non-hydrogen) atoms. The first kappa shape index (κ1) is 14.1. The number of fused-ring (bicyclic) bond motifs is 1. The zero-order valence-corrected chi connectivity index (χ0v) is 12.7. The first-order valence-electron chi connectivity index (χ1n) is 7.00. The zero-order valence-electron chi connectivity index (χ0n) is 11.9. The molecule has 2 aromatic rings. The average Bonchev–Trinajstić information content (AvgIpc) is 2.90. The van der Waals surface area contributed by atoms with Crippen molar-refractivity contribution in [1.82, 2.24) is 4.90 Å². The molecule has 110 valence electrons. The summed E-state index contributed by atoms with van der Waals surface area (Å²) < 4.78 is 27.5. The molecule has 0 unspecified atom stereocenters. The van der Waals surface area contributed by atoms with Crippen LogP contribution in [0.15, 0.2) is 53.4 Å². The van der Waals surface area contributed by atoms with Gasteiger partial charge in [-0.25, -0.2) is 8.42 Å². The van der Waals surface area contributed by atoms with Gasteiger partial charge in [0.05, 0.1) is 4.90 Å². The van der Waals surface area contributed by atoms with Crippen molar-refractivity contribution in [3.05, 3.63) is 59.7 Å². The van der Waals surface area contributed by atoms with Gasteiger partial charge in [0.25, 0.3) is 10.0 Å². The molecule has 0 fully saturated rings. The van der Waals surface area contributed by atoms with Crippen molar-refractivity contribution in [3.8, 4) is 0 Å². The fourth-order valence-corrected chi connectivity index (χ4v) is 3.66. The predicted octanol–water partition coefficient (Wildman–Crippen LogP) is 2.82. The molecule has 0 saturated carbocycles. The van der Waals surface area contributed by atoms with Crippen LogP contribution < -0.4 is 4.72 Å². The third-order valence-corrected chi connectivity index (χ3v) is 5.13. The molecule has 1 N–H and O–H groups in total. The highest BCUT2D eigenvalue weighted by Gasteiger charge is 2.21. The summed E-state index contributed by atoms with van der Waals surface area (Å²) in [5.41, 5.74) is 2.90. The number of rotatable bonds is 4. The Kier molecular flexibility index (Phi) is 3.69. The largest absolute Gasteiger partial charge is 0.295 e. The molecule has 0 atom stereocenters.